The number of rotatable bonds is 0. The van der Waals surface area contributed by atoms with Crippen molar-refractivity contribution in [2.45, 2.75) is 0 Å². The number of phenols is 2. The van der Waals surface area contributed by atoms with Crippen molar-refractivity contribution in [2.75, 3.05) is 0 Å². The van der Waals surface area contributed by atoms with E-state index in [1.54, 1.807) is 24.5 Å². The number of pyridine rings is 2. The molecule has 3 aromatic rings. The molecule has 6 heteroatoms. The first kappa shape index (κ1) is 16.3. The van der Waals surface area contributed by atoms with Crippen LogP contribution in [0.4, 0.5) is 0 Å². The number of aryl methyl sites for hydroxylation is 2. The minimum atomic E-state index is 0. The molecule has 0 unspecified atom stereocenters. The number of benzene rings is 1. The maximum absolute atomic E-state index is 10.3. The Hall–Kier alpha value is -1.78. The lowest BCUT2D eigenvalue weighted by atomic mass is 10.0. The Labute approximate surface area is 128 Å². The zero-order valence-electron chi connectivity index (χ0n) is 11.0. The number of halogens is 2. The van der Waals surface area contributed by atoms with E-state index in [4.69, 9.17) is 0 Å². The van der Waals surface area contributed by atoms with Crippen molar-refractivity contribution >= 4 is 21.5 Å². The predicted octanol–water partition coefficient (Wildman–Crippen LogP) is -4.94. The van der Waals surface area contributed by atoms with Gasteiger partial charge in [0.2, 0.25) is 0 Å². The Kier molecular flexibility index (Phi) is 4.63. The fraction of sp³-hybridized carbons (Fsp3) is 0.143. The first-order valence-electron chi connectivity index (χ1n) is 5.70. The molecule has 20 heavy (non-hydrogen) atoms. The topological polar surface area (TPSA) is 48.2 Å². The highest BCUT2D eigenvalue weighted by Gasteiger charge is 2.17. The van der Waals surface area contributed by atoms with Gasteiger partial charge in [0.25, 0.3) is 0 Å². The molecule has 4 nitrogen and oxygen atoms in total. The summed E-state index contributed by atoms with van der Waals surface area (Å²) in [5.41, 5.74) is 0. The van der Waals surface area contributed by atoms with Crippen molar-refractivity contribution in [3.8, 4) is 11.5 Å². The van der Waals surface area contributed by atoms with Crippen molar-refractivity contribution in [3.63, 3.8) is 0 Å². The number of hydrogen-bond acceptors (Lipinski definition) is 2. The lowest BCUT2D eigenvalue weighted by Gasteiger charge is -2.06. The summed E-state index contributed by atoms with van der Waals surface area (Å²) in [6.45, 7) is 0. The molecule has 0 aliphatic carbocycles. The second-order valence-electron chi connectivity index (χ2n) is 4.57. The van der Waals surface area contributed by atoms with Crippen molar-refractivity contribution in [1.82, 2.24) is 0 Å². The van der Waals surface area contributed by atoms with Gasteiger partial charge in [0.05, 0.1) is 10.8 Å². The highest BCUT2D eigenvalue weighted by atomic mass is 35.5. The summed E-state index contributed by atoms with van der Waals surface area (Å²) < 4.78 is 3.69. The molecule has 3 rings (SSSR count). The molecule has 0 radical (unpaired) electrons. The van der Waals surface area contributed by atoms with Crippen LogP contribution in [0.25, 0.3) is 21.5 Å². The van der Waals surface area contributed by atoms with E-state index in [1.165, 1.54) is 0 Å². The molecular weight excluding hydrogens is 299 g/mol. The summed E-state index contributed by atoms with van der Waals surface area (Å²) in [7, 11) is 3.76. The van der Waals surface area contributed by atoms with Gasteiger partial charge in [0.1, 0.15) is 25.6 Å². The number of aromatic nitrogens is 2. The van der Waals surface area contributed by atoms with Crippen LogP contribution in [0.1, 0.15) is 0 Å². The Morgan fingerprint density at radius 1 is 0.700 bits per heavy atom. The van der Waals surface area contributed by atoms with Crippen LogP contribution in [0.2, 0.25) is 0 Å². The van der Waals surface area contributed by atoms with Crippen LogP contribution in [0.15, 0.2) is 36.9 Å². The molecule has 2 heterocycles. The van der Waals surface area contributed by atoms with Crippen LogP contribution in [0.5, 0.6) is 11.5 Å². The van der Waals surface area contributed by atoms with Crippen LogP contribution < -0.4 is 33.9 Å². The van der Waals surface area contributed by atoms with Gasteiger partial charge in [-0.2, -0.15) is 0 Å². The number of nitrogens with zero attached hydrogens (tertiary/aromatic N) is 2. The fourth-order valence-corrected chi connectivity index (χ4v) is 2.28. The quantitative estimate of drug-likeness (QED) is 0.248. The molecule has 0 saturated heterocycles. The molecule has 0 bridgehead atoms. The first-order valence-corrected chi connectivity index (χ1v) is 5.70. The molecular formula is C14H14Cl2N2O2. The molecule has 0 atom stereocenters. The summed E-state index contributed by atoms with van der Waals surface area (Å²) in [4.78, 5) is 0. The molecule has 0 saturated carbocycles. The van der Waals surface area contributed by atoms with Gasteiger partial charge in [-0.3, -0.25) is 0 Å². The van der Waals surface area contributed by atoms with Gasteiger partial charge in [-0.25, -0.2) is 9.13 Å². The number of phenolic OH excluding ortho intramolecular Hbond substituents is 2. The minimum Gasteiger partial charge on any atom is -1.00 e. The molecule has 2 aromatic heterocycles. The molecule has 0 spiro atoms. The summed E-state index contributed by atoms with van der Waals surface area (Å²) in [5.74, 6) is 0.407. The minimum absolute atomic E-state index is 0. The Morgan fingerprint density at radius 2 is 1.05 bits per heavy atom. The second kappa shape index (κ2) is 5.69. The van der Waals surface area contributed by atoms with Crippen LogP contribution in [0, 0.1) is 0 Å². The normalized spacial score (nSPS) is 10.1. The van der Waals surface area contributed by atoms with Gasteiger partial charge < -0.3 is 35.0 Å². The number of hydrogen-bond donors (Lipinski definition) is 2. The molecule has 0 amide bonds. The van der Waals surface area contributed by atoms with E-state index in [1.807, 2.05) is 35.6 Å². The van der Waals surface area contributed by atoms with E-state index in [9.17, 15) is 10.2 Å². The van der Waals surface area contributed by atoms with Gasteiger partial charge in [-0.15, -0.1) is 0 Å². The molecule has 0 aliphatic heterocycles. The lowest BCUT2D eigenvalue weighted by Crippen LogP contribution is -3.00. The Morgan fingerprint density at radius 3 is 1.40 bits per heavy atom. The van der Waals surface area contributed by atoms with Gasteiger partial charge in [-0.1, -0.05) is 0 Å². The average Bonchev–Trinajstić information content (AvgIpc) is 2.36. The summed E-state index contributed by atoms with van der Waals surface area (Å²) in [6.07, 6.45) is 7.29. The van der Waals surface area contributed by atoms with Gasteiger partial charge in [0, 0.05) is 22.9 Å². The van der Waals surface area contributed by atoms with Crippen molar-refractivity contribution in [3.05, 3.63) is 36.9 Å². The number of aromatic hydroxyl groups is 2. The van der Waals surface area contributed by atoms with Crippen molar-refractivity contribution < 1.29 is 44.2 Å². The van der Waals surface area contributed by atoms with E-state index < -0.39 is 0 Å². The first-order chi connectivity index (χ1) is 8.58. The monoisotopic (exact) mass is 312 g/mol. The molecule has 0 fully saturated rings. The summed E-state index contributed by atoms with van der Waals surface area (Å²) in [6, 6.07) is 3.60. The zero-order chi connectivity index (χ0) is 12.9. The third kappa shape index (κ3) is 2.32. The molecule has 2 N–H and O–H groups in total. The largest absolute Gasteiger partial charge is 1.00 e. The van der Waals surface area contributed by atoms with E-state index in [-0.39, 0.29) is 36.3 Å². The molecule has 1 aromatic carbocycles. The Balaban J connectivity index is 0.000001000. The average molecular weight is 313 g/mol. The van der Waals surface area contributed by atoms with E-state index in [0.717, 1.165) is 0 Å². The third-order valence-electron chi connectivity index (χ3n) is 3.22. The highest BCUT2D eigenvalue weighted by molar-refractivity contribution is 6.09. The third-order valence-corrected chi connectivity index (χ3v) is 3.22. The SMILES string of the molecule is C[n+]1ccc2c(O)c3c[n+](C)ccc3c(O)c2c1.[Cl-].[Cl-]. The Bertz CT molecular complexity index is 724. The standard InChI is InChI=1S/C14H12N2O2.2ClH/c1-15-5-3-9-11(7-15)13(17)10-4-6-16(2)8-12(10)14(9)18;;/h3-8H,1-2H3;2*1H. The van der Waals surface area contributed by atoms with E-state index in [0.29, 0.717) is 21.5 Å². The zero-order valence-corrected chi connectivity index (χ0v) is 12.5. The number of fused-ring (bicyclic) bond motifs is 2. The molecule has 0 aliphatic rings. The summed E-state index contributed by atoms with van der Waals surface area (Å²) >= 11 is 0. The fourth-order valence-electron chi connectivity index (χ4n) is 2.28. The van der Waals surface area contributed by atoms with Crippen LogP contribution in [-0.4, -0.2) is 10.2 Å². The van der Waals surface area contributed by atoms with Gasteiger partial charge in [0.15, 0.2) is 24.8 Å². The molecule has 106 valence electrons. The highest BCUT2D eigenvalue weighted by Crippen LogP contribution is 2.39. The lowest BCUT2D eigenvalue weighted by molar-refractivity contribution is -0.670. The maximum atomic E-state index is 10.3. The summed E-state index contributed by atoms with van der Waals surface area (Å²) in [5, 5.41) is 23.2. The van der Waals surface area contributed by atoms with Crippen LogP contribution >= 0.6 is 0 Å². The van der Waals surface area contributed by atoms with Crippen molar-refractivity contribution in [1.29, 1.82) is 0 Å². The van der Waals surface area contributed by atoms with Gasteiger partial charge in [-0.05, 0) is 0 Å². The van der Waals surface area contributed by atoms with Gasteiger partial charge >= 0.3 is 0 Å². The van der Waals surface area contributed by atoms with Crippen LogP contribution in [0.3, 0.4) is 0 Å². The van der Waals surface area contributed by atoms with E-state index in [2.05, 4.69) is 0 Å². The second-order valence-corrected chi connectivity index (χ2v) is 4.57. The predicted molar refractivity (Wildman–Crippen MR) is 67.1 cm³/mol. The smallest absolute Gasteiger partial charge is 0.180 e. The van der Waals surface area contributed by atoms with E-state index >= 15 is 0 Å². The van der Waals surface area contributed by atoms with Crippen LogP contribution in [-0.2, 0) is 14.1 Å². The maximum Gasteiger partial charge on any atom is 0.180 e. The van der Waals surface area contributed by atoms with Crippen molar-refractivity contribution in [2.24, 2.45) is 14.1 Å².